The van der Waals surface area contributed by atoms with Crippen LogP contribution in [0.2, 0.25) is 0 Å². The topological polar surface area (TPSA) is 49.7 Å². The minimum Gasteiger partial charge on any atom is -0.328 e. The molecule has 2 aromatic rings. The lowest BCUT2D eigenvalue weighted by Gasteiger charge is -2.39. The maximum atomic E-state index is 8.99. The first-order valence-corrected chi connectivity index (χ1v) is 16.5. The van der Waals surface area contributed by atoms with E-state index in [-0.39, 0.29) is 21.7 Å². The van der Waals surface area contributed by atoms with E-state index in [4.69, 9.17) is 14.3 Å². The van der Waals surface area contributed by atoms with Crippen LogP contribution in [0.5, 0.6) is 0 Å². The van der Waals surface area contributed by atoms with Gasteiger partial charge in [-0.3, -0.25) is 0 Å². The first-order chi connectivity index (χ1) is 18.3. The molecule has 0 aliphatic heterocycles. The molecule has 0 aliphatic carbocycles. The molecule has 2 rings (SSSR count). The van der Waals surface area contributed by atoms with Crippen molar-refractivity contribution in [2.75, 3.05) is 6.61 Å². The molecule has 2 N–H and O–H groups in total. The summed E-state index contributed by atoms with van der Waals surface area (Å²) in [7, 11) is -2.24. The number of unbranched alkanes of at least 4 members (excludes halogenated alkanes) is 4. The molecule has 0 atom stereocenters. The summed E-state index contributed by atoms with van der Waals surface area (Å²) in [5.41, 5.74) is 9.09. The average molecular weight is 571 g/mol. The number of benzene rings is 2. The van der Waals surface area contributed by atoms with Gasteiger partial charge in [-0.2, -0.15) is 0 Å². The van der Waals surface area contributed by atoms with E-state index < -0.39 is 8.60 Å². The van der Waals surface area contributed by atoms with Crippen molar-refractivity contribution in [3.63, 3.8) is 0 Å². The third-order valence-corrected chi connectivity index (χ3v) is 8.40. The standard InChI is InChI=1S/C36H59O3P/c1-33(2,3)27-21-18-22-28(34(4,5)6)31(27)26(20-16-14-13-15-17-25-39-40(37)38)32-29(35(7,8)9)23-19-24-30(32)36(10,11)12/h18-19,21-24,26,37-38H,13-17,20,25H2,1-12H3. The van der Waals surface area contributed by atoms with E-state index >= 15 is 0 Å². The van der Waals surface area contributed by atoms with Crippen LogP contribution in [0.4, 0.5) is 0 Å². The summed E-state index contributed by atoms with van der Waals surface area (Å²) in [6.07, 6.45) is 6.47. The lowest BCUT2D eigenvalue weighted by atomic mass is 9.65. The van der Waals surface area contributed by atoms with E-state index in [1.54, 1.807) is 0 Å². The smallest absolute Gasteiger partial charge is 0.327 e. The Morgan fingerprint density at radius 1 is 0.550 bits per heavy atom. The van der Waals surface area contributed by atoms with E-state index in [9.17, 15) is 0 Å². The van der Waals surface area contributed by atoms with Crippen molar-refractivity contribution in [1.29, 1.82) is 0 Å². The molecule has 40 heavy (non-hydrogen) atoms. The Kier molecular flexibility index (Phi) is 12.1. The highest BCUT2D eigenvalue weighted by molar-refractivity contribution is 7.39. The van der Waals surface area contributed by atoms with Crippen molar-refractivity contribution in [3.8, 4) is 0 Å². The number of rotatable bonds is 11. The molecule has 0 radical (unpaired) electrons. The van der Waals surface area contributed by atoms with E-state index in [1.165, 1.54) is 33.4 Å². The van der Waals surface area contributed by atoms with Crippen LogP contribution in [0.25, 0.3) is 0 Å². The van der Waals surface area contributed by atoms with E-state index in [0.717, 1.165) is 38.5 Å². The summed E-state index contributed by atoms with van der Waals surface area (Å²) in [6, 6.07) is 14.1. The summed E-state index contributed by atoms with van der Waals surface area (Å²) in [5.74, 6) is 0.310. The predicted octanol–water partition coefficient (Wildman–Crippen LogP) is 10.6. The van der Waals surface area contributed by atoms with Gasteiger partial charge in [0.25, 0.3) is 0 Å². The molecule has 0 unspecified atom stereocenters. The highest BCUT2D eigenvalue weighted by atomic mass is 31.2. The van der Waals surface area contributed by atoms with Crippen LogP contribution in [0.1, 0.15) is 161 Å². The minimum absolute atomic E-state index is 0.0340. The fourth-order valence-corrected chi connectivity index (χ4v) is 6.35. The summed E-state index contributed by atoms with van der Waals surface area (Å²) in [4.78, 5) is 18.0. The van der Waals surface area contributed by atoms with Gasteiger partial charge < -0.3 is 14.3 Å². The zero-order valence-electron chi connectivity index (χ0n) is 27.7. The molecule has 0 spiro atoms. The maximum absolute atomic E-state index is 8.99. The van der Waals surface area contributed by atoms with Crippen LogP contribution >= 0.6 is 8.60 Å². The third-order valence-electron chi connectivity index (χ3n) is 7.99. The first kappa shape index (κ1) is 34.9. The zero-order chi connectivity index (χ0) is 30.5. The highest BCUT2D eigenvalue weighted by Gasteiger charge is 2.35. The monoisotopic (exact) mass is 570 g/mol. The molecule has 0 aromatic heterocycles. The third kappa shape index (κ3) is 9.65. The van der Waals surface area contributed by atoms with Gasteiger partial charge in [0.05, 0.1) is 6.61 Å². The van der Waals surface area contributed by atoms with Crippen LogP contribution in [0.3, 0.4) is 0 Å². The van der Waals surface area contributed by atoms with Gasteiger partial charge in [0.15, 0.2) is 0 Å². The van der Waals surface area contributed by atoms with Gasteiger partial charge in [0.1, 0.15) is 0 Å². The Balaban J connectivity index is 2.71. The van der Waals surface area contributed by atoms with E-state index in [0.29, 0.717) is 12.5 Å². The molecular weight excluding hydrogens is 511 g/mol. The molecule has 2 aromatic carbocycles. The largest absolute Gasteiger partial charge is 0.328 e. The Morgan fingerprint density at radius 3 is 1.20 bits per heavy atom. The minimum atomic E-state index is -2.24. The van der Waals surface area contributed by atoms with Crippen molar-refractivity contribution in [2.45, 2.75) is 149 Å². The molecule has 4 heteroatoms. The fraction of sp³-hybridized carbons (Fsp3) is 0.667. The van der Waals surface area contributed by atoms with Gasteiger partial charge in [0.2, 0.25) is 0 Å². The fourth-order valence-electron chi connectivity index (χ4n) is 6.06. The number of hydrogen-bond donors (Lipinski definition) is 2. The van der Waals surface area contributed by atoms with Gasteiger partial charge >= 0.3 is 8.60 Å². The Labute approximate surface area is 248 Å². The van der Waals surface area contributed by atoms with Crippen LogP contribution < -0.4 is 0 Å². The maximum Gasteiger partial charge on any atom is 0.327 e. The predicted molar refractivity (Wildman–Crippen MR) is 175 cm³/mol. The Hall–Kier alpha value is -1.25. The summed E-state index contributed by atoms with van der Waals surface area (Å²) >= 11 is 0. The van der Waals surface area contributed by atoms with E-state index in [1.807, 2.05) is 0 Å². The van der Waals surface area contributed by atoms with Crippen molar-refractivity contribution in [3.05, 3.63) is 69.8 Å². The lowest BCUT2D eigenvalue weighted by molar-refractivity contribution is 0.248. The van der Waals surface area contributed by atoms with Crippen molar-refractivity contribution >= 4 is 8.60 Å². The first-order valence-electron chi connectivity index (χ1n) is 15.3. The molecule has 226 valence electrons. The molecule has 0 amide bonds. The zero-order valence-corrected chi connectivity index (χ0v) is 28.6. The van der Waals surface area contributed by atoms with Gasteiger partial charge in [0, 0.05) is 5.92 Å². The summed E-state index contributed by atoms with van der Waals surface area (Å²) < 4.78 is 4.96. The highest BCUT2D eigenvalue weighted by Crippen LogP contribution is 2.48. The second kappa shape index (κ2) is 13.8. The Morgan fingerprint density at radius 2 is 0.875 bits per heavy atom. The van der Waals surface area contributed by atoms with Crippen molar-refractivity contribution < 1.29 is 14.3 Å². The van der Waals surface area contributed by atoms with Gasteiger partial charge in [-0.05, 0) is 67.9 Å². The molecule has 0 aliphatic rings. The molecule has 0 heterocycles. The van der Waals surface area contributed by atoms with Gasteiger partial charge in [-0.1, -0.05) is 145 Å². The Bertz CT molecular complexity index is 935. The quantitative estimate of drug-likeness (QED) is 0.209. The molecule has 0 fully saturated rings. The second-order valence-corrected chi connectivity index (χ2v) is 16.5. The SMILES string of the molecule is CC(C)(C)c1cccc(C(C)(C)C)c1C(CCCCCCCOP(O)O)c1c(C(C)(C)C)cccc1C(C)(C)C. The number of hydrogen-bond acceptors (Lipinski definition) is 3. The van der Waals surface area contributed by atoms with Crippen LogP contribution in [-0.4, -0.2) is 16.4 Å². The van der Waals surface area contributed by atoms with Gasteiger partial charge in [-0.15, -0.1) is 0 Å². The lowest BCUT2D eigenvalue weighted by Crippen LogP contribution is -2.27. The van der Waals surface area contributed by atoms with Crippen molar-refractivity contribution in [1.82, 2.24) is 0 Å². The molecule has 0 saturated carbocycles. The molecular formula is C36H59O3P. The molecule has 0 saturated heterocycles. The summed E-state index contributed by atoms with van der Waals surface area (Å²) in [6.45, 7) is 28.8. The van der Waals surface area contributed by atoms with Crippen LogP contribution in [-0.2, 0) is 26.2 Å². The second-order valence-electron chi connectivity index (χ2n) is 15.7. The molecule has 3 nitrogen and oxygen atoms in total. The summed E-state index contributed by atoms with van der Waals surface area (Å²) in [5, 5.41) is 0. The van der Waals surface area contributed by atoms with Crippen LogP contribution in [0.15, 0.2) is 36.4 Å². The molecule has 0 bridgehead atoms. The van der Waals surface area contributed by atoms with Gasteiger partial charge in [-0.25, -0.2) is 0 Å². The normalized spacial score (nSPS) is 13.5. The average Bonchev–Trinajstić information content (AvgIpc) is 2.80. The van der Waals surface area contributed by atoms with E-state index in [2.05, 4.69) is 119 Å². The van der Waals surface area contributed by atoms with Crippen LogP contribution in [0, 0.1) is 0 Å². The van der Waals surface area contributed by atoms with Crippen molar-refractivity contribution in [2.24, 2.45) is 0 Å².